The van der Waals surface area contributed by atoms with Crippen LogP contribution in [0.5, 0.6) is 0 Å². The number of halogens is 1. The summed E-state index contributed by atoms with van der Waals surface area (Å²) in [6, 6.07) is 15.8. The van der Waals surface area contributed by atoms with Crippen molar-refractivity contribution < 1.29 is 14.0 Å². The molecular formula is C21H16FN5O2. The highest BCUT2D eigenvalue weighted by Gasteiger charge is 2.17. The molecule has 0 aliphatic carbocycles. The number of primary amides is 1. The molecule has 0 radical (unpaired) electrons. The van der Waals surface area contributed by atoms with Gasteiger partial charge in [0, 0.05) is 22.8 Å². The average molecular weight is 389 g/mol. The van der Waals surface area contributed by atoms with E-state index in [9.17, 15) is 14.0 Å². The predicted molar refractivity (Wildman–Crippen MR) is 109 cm³/mol. The van der Waals surface area contributed by atoms with Crippen molar-refractivity contribution in [1.29, 1.82) is 0 Å². The molecule has 0 spiro atoms. The highest BCUT2D eigenvalue weighted by molar-refractivity contribution is 6.08. The number of nitrogens with zero attached hydrogens (tertiary/aromatic N) is 1. The van der Waals surface area contributed by atoms with Crippen LogP contribution in [0.3, 0.4) is 0 Å². The highest BCUT2D eigenvalue weighted by atomic mass is 19.1. The fourth-order valence-electron chi connectivity index (χ4n) is 3.07. The number of nitrogens with two attached hydrogens (primary N) is 1. The molecule has 144 valence electrons. The van der Waals surface area contributed by atoms with Gasteiger partial charge in [-0.1, -0.05) is 24.3 Å². The third-order valence-electron chi connectivity index (χ3n) is 4.37. The number of urea groups is 1. The van der Waals surface area contributed by atoms with Crippen molar-refractivity contribution in [2.75, 3.05) is 10.6 Å². The quantitative estimate of drug-likeness (QED) is 0.421. The molecule has 0 fully saturated rings. The van der Waals surface area contributed by atoms with Gasteiger partial charge in [-0.25, -0.2) is 14.2 Å². The fraction of sp³-hybridized carbons (Fsp3) is 0. The molecule has 4 aromatic rings. The SMILES string of the molecule is NC(=O)c1[nH]c2ncccc2c1-c1ccc(NC(=O)Nc2ccccc2F)cc1. The Morgan fingerprint density at radius 3 is 2.45 bits per heavy atom. The molecule has 0 saturated heterocycles. The summed E-state index contributed by atoms with van der Waals surface area (Å²) in [5.74, 6) is -1.12. The number of carbonyl (C=O) groups is 2. The first-order chi connectivity index (χ1) is 14.0. The van der Waals surface area contributed by atoms with Gasteiger partial charge < -0.3 is 21.4 Å². The molecule has 7 nitrogen and oxygen atoms in total. The molecule has 3 amide bonds. The van der Waals surface area contributed by atoms with Crippen LogP contribution in [0, 0.1) is 5.82 Å². The summed E-state index contributed by atoms with van der Waals surface area (Å²) in [6.45, 7) is 0. The molecule has 0 unspecified atom stereocenters. The van der Waals surface area contributed by atoms with Crippen molar-refractivity contribution in [3.8, 4) is 11.1 Å². The van der Waals surface area contributed by atoms with E-state index in [-0.39, 0.29) is 11.4 Å². The first-order valence-electron chi connectivity index (χ1n) is 8.72. The normalized spacial score (nSPS) is 10.7. The Kier molecular flexibility index (Phi) is 4.66. The maximum Gasteiger partial charge on any atom is 0.323 e. The Hall–Kier alpha value is -4.20. The van der Waals surface area contributed by atoms with Crippen LogP contribution in [0.4, 0.5) is 20.6 Å². The largest absolute Gasteiger partial charge is 0.364 e. The highest BCUT2D eigenvalue weighted by Crippen LogP contribution is 2.32. The minimum Gasteiger partial charge on any atom is -0.364 e. The Labute approximate surface area is 164 Å². The van der Waals surface area contributed by atoms with E-state index < -0.39 is 17.8 Å². The number of nitrogens with one attached hydrogen (secondary N) is 3. The predicted octanol–water partition coefficient (Wildman–Crippen LogP) is 4.11. The number of para-hydroxylation sites is 1. The van der Waals surface area contributed by atoms with Crippen molar-refractivity contribution in [2.24, 2.45) is 5.73 Å². The van der Waals surface area contributed by atoms with E-state index in [1.54, 1.807) is 42.6 Å². The number of pyridine rings is 1. The van der Waals surface area contributed by atoms with Crippen molar-refractivity contribution in [3.05, 3.63) is 78.4 Å². The molecule has 0 bridgehead atoms. The third kappa shape index (κ3) is 3.63. The summed E-state index contributed by atoms with van der Waals surface area (Å²) in [6.07, 6.45) is 1.62. The molecule has 29 heavy (non-hydrogen) atoms. The summed E-state index contributed by atoms with van der Waals surface area (Å²) < 4.78 is 13.6. The van der Waals surface area contributed by atoms with E-state index in [0.29, 0.717) is 16.9 Å². The van der Waals surface area contributed by atoms with E-state index in [1.165, 1.54) is 18.2 Å². The zero-order valence-corrected chi connectivity index (χ0v) is 15.1. The van der Waals surface area contributed by atoms with Gasteiger partial charge in [-0.2, -0.15) is 0 Å². The topological polar surface area (TPSA) is 113 Å². The van der Waals surface area contributed by atoms with Crippen LogP contribution >= 0.6 is 0 Å². The molecule has 2 heterocycles. The molecule has 0 aliphatic heterocycles. The molecule has 2 aromatic heterocycles. The monoisotopic (exact) mass is 389 g/mol. The number of aromatic nitrogens is 2. The summed E-state index contributed by atoms with van der Waals surface area (Å²) in [4.78, 5) is 31.1. The maximum atomic E-state index is 13.6. The Morgan fingerprint density at radius 1 is 0.966 bits per heavy atom. The van der Waals surface area contributed by atoms with Gasteiger partial charge in [0.15, 0.2) is 0 Å². The summed E-state index contributed by atoms with van der Waals surface area (Å²) >= 11 is 0. The number of anilines is 2. The summed E-state index contributed by atoms with van der Waals surface area (Å²) in [5.41, 5.74) is 8.28. The van der Waals surface area contributed by atoms with Gasteiger partial charge in [-0.3, -0.25) is 4.79 Å². The summed E-state index contributed by atoms with van der Waals surface area (Å²) in [7, 11) is 0. The smallest absolute Gasteiger partial charge is 0.323 e. The molecule has 0 saturated carbocycles. The second-order valence-electron chi connectivity index (χ2n) is 6.28. The number of rotatable bonds is 4. The van der Waals surface area contributed by atoms with E-state index >= 15 is 0 Å². The second kappa shape index (κ2) is 7.43. The minimum atomic E-state index is -0.593. The van der Waals surface area contributed by atoms with Crippen LogP contribution in [0.25, 0.3) is 22.2 Å². The minimum absolute atomic E-state index is 0.0824. The van der Waals surface area contributed by atoms with Gasteiger partial charge in [0.05, 0.1) is 5.69 Å². The van der Waals surface area contributed by atoms with E-state index in [4.69, 9.17) is 5.73 Å². The first-order valence-corrected chi connectivity index (χ1v) is 8.72. The molecular weight excluding hydrogens is 373 g/mol. The van der Waals surface area contributed by atoms with E-state index in [2.05, 4.69) is 20.6 Å². The van der Waals surface area contributed by atoms with E-state index in [1.807, 2.05) is 6.07 Å². The van der Waals surface area contributed by atoms with Crippen molar-refractivity contribution in [3.63, 3.8) is 0 Å². The Bertz CT molecular complexity index is 1220. The lowest BCUT2D eigenvalue weighted by molar-refractivity contribution is 0.0997. The number of hydrogen-bond acceptors (Lipinski definition) is 3. The number of carbonyl (C=O) groups excluding carboxylic acids is 2. The van der Waals surface area contributed by atoms with Gasteiger partial charge in [0.1, 0.15) is 17.2 Å². The van der Waals surface area contributed by atoms with E-state index in [0.717, 1.165) is 10.9 Å². The van der Waals surface area contributed by atoms with Gasteiger partial charge in [0.25, 0.3) is 5.91 Å². The standard InChI is InChI=1S/C21H16FN5O2/c22-15-5-1-2-6-16(15)26-21(29)25-13-9-7-12(8-10-13)17-14-4-3-11-24-20(14)27-18(17)19(23)28/h1-11H,(H2,23,28)(H,24,27)(H2,25,26,29). The molecule has 0 aliphatic rings. The Morgan fingerprint density at radius 2 is 1.72 bits per heavy atom. The second-order valence-corrected chi connectivity index (χ2v) is 6.28. The molecule has 2 aromatic carbocycles. The molecule has 0 atom stereocenters. The molecule has 8 heteroatoms. The number of aromatic amines is 1. The zero-order chi connectivity index (χ0) is 20.4. The zero-order valence-electron chi connectivity index (χ0n) is 15.1. The van der Waals surface area contributed by atoms with Gasteiger partial charge in [-0.15, -0.1) is 0 Å². The van der Waals surface area contributed by atoms with Crippen LogP contribution in [0.15, 0.2) is 66.9 Å². The lowest BCUT2D eigenvalue weighted by Gasteiger charge is -2.09. The van der Waals surface area contributed by atoms with Gasteiger partial charge >= 0.3 is 6.03 Å². The van der Waals surface area contributed by atoms with Crippen LogP contribution < -0.4 is 16.4 Å². The van der Waals surface area contributed by atoms with Crippen molar-refractivity contribution >= 4 is 34.3 Å². The number of benzene rings is 2. The Balaban J connectivity index is 1.58. The van der Waals surface area contributed by atoms with Crippen LogP contribution in [0.2, 0.25) is 0 Å². The lowest BCUT2D eigenvalue weighted by Crippen LogP contribution is -2.20. The van der Waals surface area contributed by atoms with Crippen LogP contribution in [-0.4, -0.2) is 21.9 Å². The average Bonchev–Trinajstić information content (AvgIpc) is 3.10. The number of fused-ring (bicyclic) bond motifs is 1. The third-order valence-corrected chi connectivity index (χ3v) is 4.37. The molecule has 5 N–H and O–H groups in total. The number of H-pyrrole nitrogens is 1. The van der Waals surface area contributed by atoms with Crippen molar-refractivity contribution in [2.45, 2.75) is 0 Å². The number of hydrogen-bond donors (Lipinski definition) is 4. The maximum absolute atomic E-state index is 13.6. The molecule has 4 rings (SSSR count). The van der Waals surface area contributed by atoms with Crippen LogP contribution in [-0.2, 0) is 0 Å². The lowest BCUT2D eigenvalue weighted by atomic mass is 10.0. The van der Waals surface area contributed by atoms with Gasteiger partial charge in [-0.05, 0) is 42.0 Å². The fourth-order valence-corrected chi connectivity index (χ4v) is 3.07. The first kappa shape index (κ1) is 18.2. The van der Waals surface area contributed by atoms with Gasteiger partial charge in [0.2, 0.25) is 0 Å². The van der Waals surface area contributed by atoms with Crippen LogP contribution in [0.1, 0.15) is 10.5 Å². The summed E-state index contributed by atoms with van der Waals surface area (Å²) in [5, 5.41) is 5.85. The van der Waals surface area contributed by atoms with Crippen molar-refractivity contribution in [1.82, 2.24) is 9.97 Å². The number of amides is 3.